The maximum Gasteiger partial charge on any atom is 0.448 e. The smallest absolute Gasteiger partial charge is 0.325 e. The first-order chi connectivity index (χ1) is 4.49. The van der Waals surface area contributed by atoms with Gasteiger partial charge in [0.2, 0.25) is 0 Å². The summed E-state index contributed by atoms with van der Waals surface area (Å²) in [7, 11) is -4.58. The molecule has 0 unspecified atom stereocenters. The summed E-state index contributed by atoms with van der Waals surface area (Å²) in [6, 6.07) is 0. The summed E-state index contributed by atoms with van der Waals surface area (Å²) in [6.45, 7) is 0. The lowest BCUT2D eigenvalue weighted by Gasteiger charge is -1.95. The van der Waals surface area contributed by atoms with Gasteiger partial charge in [-0.1, -0.05) is 0 Å². The van der Waals surface area contributed by atoms with E-state index in [1.54, 1.807) is 0 Å². The summed E-state index contributed by atoms with van der Waals surface area (Å²) in [6.07, 6.45) is 1.29. The largest absolute Gasteiger partial charge is 0.448 e. The second-order valence-electron chi connectivity index (χ2n) is 2.10. The first-order valence-electron chi connectivity index (χ1n) is 2.70. The summed E-state index contributed by atoms with van der Waals surface area (Å²) in [5, 5.41) is 0. The first-order valence-corrected chi connectivity index (χ1v) is 4.06. The molecule has 1 fully saturated rings. The lowest BCUT2D eigenvalue weighted by Crippen LogP contribution is -2.12. The topological polar surface area (TPSA) is 80.7 Å². The number of carbonyl (C=O) groups is 1. The van der Waals surface area contributed by atoms with Gasteiger partial charge in [0.25, 0.3) is 0 Å². The minimum atomic E-state index is -4.58. The number of carbonyl (C=O) groups excluding carboxylic acids is 1. The van der Waals surface area contributed by atoms with Gasteiger partial charge in [0.15, 0.2) is 0 Å². The first kappa shape index (κ1) is 7.49. The van der Waals surface area contributed by atoms with Crippen molar-refractivity contribution in [1.82, 2.24) is 0 Å². The molecule has 0 heterocycles. The molecule has 6 heteroatoms. The van der Waals surface area contributed by atoms with E-state index in [1.807, 2.05) is 0 Å². The van der Waals surface area contributed by atoms with Crippen LogP contribution in [0.3, 0.4) is 0 Å². The normalized spacial score (nSPS) is 18.5. The van der Waals surface area contributed by atoms with Crippen molar-refractivity contribution in [2.45, 2.75) is 12.8 Å². The standard InChI is InChI=1S/C4H6O5S/c5-4(3-1-2-3)9-10(6,7)8/h3H,1-2H2,(H,6,7,8). The van der Waals surface area contributed by atoms with Crippen molar-refractivity contribution in [2.75, 3.05) is 0 Å². The van der Waals surface area contributed by atoms with Gasteiger partial charge in [-0.15, -0.1) is 0 Å². The number of hydrogen-bond donors (Lipinski definition) is 1. The van der Waals surface area contributed by atoms with Gasteiger partial charge in [0, 0.05) is 0 Å². The Morgan fingerprint density at radius 3 is 2.30 bits per heavy atom. The third kappa shape index (κ3) is 2.32. The van der Waals surface area contributed by atoms with Crippen molar-refractivity contribution < 1.29 is 21.9 Å². The van der Waals surface area contributed by atoms with E-state index in [2.05, 4.69) is 4.18 Å². The van der Waals surface area contributed by atoms with Crippen molar-refractivity contribution in [1.29, 1.82) is 0 Å². The summed E-state index contributed by atoms with van der Waals surface area (Å²) in [4.78, 5) is 10.5. The van der Waals surface area contributed by atoms with Crippen LogP contribution >= 0.6 is 0 Å². The average molecular weight is 166 g/mol. The number of rotatable bonds is 2. The molecule has 10 heavy (non-hydrogen) atoms. The van der Waals surface area contributed by atoms with Gasteiger partial charge in [-0.2, -0.15) is 8.42 Å². The molecule has 1 rings (SSSR count). The predicted octanol–water partition coefficient (Wildman–Crippen LogP) is -0.258. The van der Waals surface area contributed by atoms with Crippen LogP contribution in [0.25, 0.3) is 0 Å². The van der Waals surface area contributed by atoms with Crippen LogP contribution < -0.4 is 0 Å². The zero-order valence-corrected chi connectivity index (χ0v) is 5.80. The van der Waals surface area contributed by atoms with E-state index in [0.29, 0.717) is 12.8 Å². The third-order valence-electron chi connectivity index (χ3n) is 1.10. The molecule has 0 bridgehead atoms. The Morgan fingerprint density at radius 1 is 1.50 bits per heavy atom. The summed E-state index contributed by atoms with van der Waals surface area (Å²) < 4.78 is 31.4. The molecule has 5 nitrogen and oxygen atoms in total. The molecule has 0 radical (unpaired) electrons. The van der Waals surface area contributed by atoms with Crippen molar-refractivity contribution >= 4 is 16.4 Å². The van der Waals surface area contributed by atoms with Gasteiger partial charge in [-0.05, 0) is 12.8 Å². The molecule has 0 aromatic carbocycles. The second kappa shape index (κ2) is 2.21. The maximum absolute atomic E-state index is 10.5. The summed E-state index contributed by atoms with van der Waals surface area (Å²) >= 11 is 0. The van der Waals surface area contributed by atoms with E-state index in [4.69, 9.17) is 4.55 Å². The van der Waals surface area contributed by atoms with Crippen molar-refractivity contribution in [3.05, 3.63) is 0 Å². The molecule has 0 aromatic heterocycles. The van der Waals surface area contributed by atoms with Crippen LogP contribution in [0.5, 0.6) is 0 Å². The van der Waals surface area contributed by atoms with Crippen molar-refractivity contribution in [3.63, 3.8) is 0 Å². The highest BCUT2D eigenvalue weighted by molar-refractivity contribution is 7.81. The Morgan fingerprint density at radius 2 is 2.00 bits per heavy atom. The molecule has 1 N–H and O–H groups in total. The van der Waals surface area contributed by atoms with Crippen LogP contribution in [-0.4, -0.2) is 18.9 Å². The van der Waals surface area contributed by atoms with Crippen LogP contribution in [-0.2, 0) is 19.4 Å². The molecule has 1 aliphatic rings. The molecule has 0 spiro atoms. The molecular formula is C4H6O5S. The SMILES string of the molecule is O=C(OS(=O)(=O)O)C1CC1. The molecule has 0 saturated heterocycles. The zero-order chi connectivity index (χ0) is 7.78. The van der Waals surface area contributed by atoms with Gasteiger partial charge < -0.3 is 4.18 Å². The highest BCUT2D eigenvalue weighted by atomic mass is 32.3. The fourth-order valence-electron chi connectivity index (χ4n) is 0.491. The molecule has 0 aromatic rings. The van der Waals surface area contributed by atoms with E-state index >= 15 is 0 Å². The Labute approximate surface area is 57.9 Å². The molecule has 1 aliphatic carbocycles. The van der Waals surface area contributed by atoms with Gasteiger partial charge >= 0.3 is 16.4 Å². The minimum Gasteiger partial charge on any atom is -0.325 e. The van der Waals surface area contributed by atoms with E-state index < -0.39 is 16.4 Å². The summed E-state index contributed by atoms with van der Waals surface area (Å²) in [5.74, 6) is -1.18. The second-order valence-corrected chi connectivity index (χ2v) is 3.13. The molecule has 1 saturated carbocycles. The average Bonchev–Trinajstić information content (AvgIpc) is 2.35. The minimum absolute atomic E-state index is 0.318. The Balaban J connectivity index is 2.45. The Hall–Kier alpha value is -0.620. The van der Waals surface area contributed by atoms with E-state index in [9.17, 15) is 13.2 Å². The molecular weight excluding hydrogens is 160 g/mol. The van der Waals surface area contributed by atoms with Gasteiger partial charge in [0.1, 0.15) is 0 Å². The van der Waals surface area contributed by atoms with Crippen LogP contribution in [0.2, 0.25) is 0 Å². The summed E-state index contributed by atoms with van der Waals surface area (Å²) in [5.41, 5.74) is 0. The van der Waals surface area contributed by atoms with Crippen LogP contribution in [0, 0.1) is 5.92 Å². The Kier molecular flexibility index (Phi) is 1.65. The lowest BCUT2D eigenvalue weighted by atomic mass is 10.5. The zero-order valence-electron chi connectivity index (χ0n) is 4.98. The lowest BCUT2D eigenvalue weighted by molar-refractivity contribution is -0.135. The van der Waals surface area contributed by atoms with Gasteiger partial charge in [0.05, 0.1) is 5.92 Å². The molecule has 0 atom stereocenters. The number of hydrogen-bond acceptors (Lipinski definition) is 4. The van der Waals surface area contributed by atoms with Crippen LogP contribution in [0.1, 0.15) is 12.8 Å². The van der Waals surface area contributed by atoms with Gasteiger partial charge in [-0.3, -0.25) is 9.35 Å². The fourth-order valence-corrected chi connectivity index (χ4v) is 0.835. The van der Waals surface area contributed by atoms with Crippen molar-refractivity contribution in [3.8, 4) is 0 Å². The maximum atomic E-state index is 10.5. The van der Waals surface area contributed by atoms with Crippen molar-refractivity contribution in [2.24, 2.45) is 5.92 Å². The van der Waals surface area contributed by atoms with Crippen LogP contribution in [0.15, 0.2) is 0 Å². The molecule has 0 amide bonds. The molecule has 0 aliphatic heterocycles. The highest BCUT2D eigenvalue weighted by Gasteiger charge is 2.33. The van der Waals surface area contributed by atoms with E-state index in [0.717, 1.165) is 0 Å². The molecule has 58 valence electrons. The van der Waals surface area contributed by atoms with E-state index in [1.165, 1.54) is 0 Å². The monoisotopic (exact) mass is 166 g/mol. The fraction of sp³-hybridized carbons (Fsp3) is 0.750. The highest BCUT2D eigenvalue weighted by Crippen LogP contribution is 2.30. The quantitative estimate of drug-likeness (QED) is 0.572. The van der Waals surface area contributed by atoms with Gasteiger partial charge in [-0.25, -0.2) is 0 Å². The van der Waals surface area contributed by atoms with Crippen LogP contribution in [0.4, 0.5) is 0 Å². The third-order valence-corrected chi connectivity index (χ3v) is 1.47. The van der Waals surface area contributed by atoms with E-state index in [-0.39, 0.29) is 5.92 Å². The predicted molar refractivity (Wildman–Crippen MR) is 30.4 cm³/mol. The Bertz CT molecular complexity index is 236.